The van der Waals surface area contributed by atoms with Gasteiger partial charge in [-0.25, -0.2) is 4.39 Å². The quantitative estimate of drug-likeness (QED) is 0.890. The molecular formula is C14H15FN2O2. The molecule has 0 aliphatic rings. The number of rotatable bonds is 4. The van der Waals surface area contributed by atoms with Gasteiger partial charge in [0.05, 0.1) is 5.69 Å². The van der Waals surface area contributed by atoms with E-state index in [2.05, 4.69) is 5.32 Å². The van der Waals surface area contributed by atoms with Gasteiger partial charge in [0.2, 0.25) is 0 Å². The van der Waals surface area contributed by atoms with E-state index in [9.17, 15) is 9.18 Å². The summed E-state index contributed by atoms with van der Waals surface area (Å²) in [6.45, 7) is 2.18. The molecular weight excluding hydrogens is 247 g/mol. The van der Waals surface area contributed by atoms with Crippen molar-refractivity contribution in [2.24, 2.45) is 5.73 Å². The van der Waals surface area contributed by atoms with Gasteiger partial charge < -0.3 is 15.5 Å². The lowest BCUT2D eigenvalue weighted by Crippen LogP contribution is -2.12. The maximum atomic E-state index is 13.7. The van der Waals surface area contributed by atoms with E-state index in [4.69, 9.17) is 10.2 Å². The predicted molar refractivity (Wildman–Crippen MR) is 70.3 cm³/mol. The SMILES string of the molecule is CCc1ccc(C(=O)Nc2ccc(CN)cc2F)o1. The van der Waals surface area contributed by atoms with Gasteiger partial charge in [-0.2, -0.15) is 0 Å². The number of hydrogen-bond acceptors (Lipinski definition) is 3. The maximum Gasteiger partial charge on any atom is 0.291 e. The van der Waals surface area contributed by atoms with Crippen LogP contribution in [0.4, 0.5) is 10.1 Å². The van der Waals surface area contributed by atoms with Crippen molar-refractivity contribution in [1.82, 2.24) is 0 Å². The molecule has 0 spiro atoms. The number of nitrogens with one attached hydrogen (secondary N) is 1. The van der Waals surface area contributed by atoms with Crippen molar-refractivity contribution in [2.75, 3.05) is 5.32 Å². The number of furan rings is 1. The first-order valence-electron chi connectivity index (χ1n) is 6.02. The number of halogens is 1. The van der Waals surface area contributed by atoms with Crippen molar-refractivity contribution < 1.29 is 13.6 Å². The molecule has 0 radical (unpaired) electrons. The molecule has 0 saturated heterocycles. The Bertz CT molecular complexity index is 593. The molecule has 0 saturated carbocycles. The number of benzene rings is 1. The number of anilines is 1. The molecule has 0 unspecified atom stereocenters. The van der Waals surface area contributed by atoms with E-state index in [0.717, 1.165) is 0 Å². The van der Waals surface area contributed by atoms with Crippen molar-refractivity contribution in [3.05, 3.63) is 53.2 Å². The van der Waals surface area contributed by atoms with Crippen LogP contribution in [0, 0.1) is 5.82 Å². The molecule has 4 nitrogen and oxygen atoms in total. The third kappa shape index (κ3) is 3.00. The Labute approximate surface area is 110 Å². The average molecular weight is 262 g/mol. The van der Waals surface area contributed by atoms with Gasteiger partial charge in [0.25, 0.3) is 5.91 Å². The van der Waals surface area contributed by atoms with E-state index < -0.39 is 11.7 Å². The van der Waals surface area contributed by atoms with Crippen LogP contribution in [-0.2, 0) is 13.0 Å². The van der Waals surface area contributed by atoms with Crippen LogP contribution in [0.15, 0.2) is 34.7 Å². The van der Waals surface area contributed by atoms with E-state index in [-0.39, 0.29) is 18.0 Å². The number of hydrogen-bond donors (Lipinski definition) is 2. The van der Waals surface area contributed by atoms with Gasteiger partial charge >= 0.3 is 0 Å². The van der Waals surface area contributed by atoms with E-state index >= 15 is 0 Å². The molecule has 1 amide bonds. The first-order chi connectivity index (χ1) is 9.13. The van der Waals surface area contributed by atoms with Crippen LogP contribution in [-0.4, -0.2) is 5.91 Å². The smallest absolute Gasteiger partial charge is 0.291 e. The zero-order chi connectivity index (χ0) is 13.8. The summed E-state index contributed by atoms with van der Waals surface area (Å²) in [5.74, 6) is -0.110. The summed E-state index contributed by atoms with van der Waals surface area (Å²) in [5, 5.41) is 2.47. The molecule has 1 heterocycles. The summed E-state index contributed by atoms with van der Waals surface area (Å²) < 4.78 is 19.0. The fraction of sp³-hybridized carbons (Fsp3) is 0.214. The molecule has 0 aliphatic heterocycles. The van der Waals surface area contributed by atoms with Crippen LogP contribution in [0.5, 0.6) is 0 Å². The first kappa shape index (κ1) is 13.3. The fourth-order valence-electron chi connectivity index (χ4n) is 1.66. The van der Waals surface area contributed by atoms with Crippen molar-refractivity contribution in [3.63, 3.8) is 0 Å². The Kier molecular flexibility index (Phi) is 3.97. The fourth-order valence-corrected chi connectivity index (χ4v) is 1.66. The summed E-state index contributed by atoms with van der Waals surface area (Å²) >= 11 is 0. The molecule has 1 aromatic heterocycles. The van der Waals surface area contributed by atoms with Gasteiger partial charge in [0, 0.05) is 13.0 Å². The summed E-state index contributed by atoms with van der Waals surface area (Å²) in [6, 6.07) is 7.75. The highest BCUT2D eigenvalue weighted by atomic mass is 19.1. The summed E-state index contributed by atoms with van der Waals surface area (Å²) in [6.07, 6.45) is 0.701. The van der Waals surface area contributed by atoms with Crippen LogP contribution in [0.25, 0.3) is 0 Å². The molecule has 19 heavy (non-hydrogen) atoms. The minimum absolute atomic E-state index is 0.108. The molecule has 2 rings (SSSR count). The zero-order valence-electron chi connectivity index (χ0n) is 10.6. The Hall–Kier alpha value is -2.14. The lowest BCUT2D eigenvalue weighted by atomic mass is 10.2. The van der Waals surface area contributed by atoms with E-state index in [1.807, 2.05) is 6.92 Å². The molecule has 0 fully saturated rings. The van der Waals surface area contributed by atoms with Gasteiger partial charge in [0.1, 0.15) is 11.6 Å². The normalized spacial score (nSPS) is 10.5. The third-order valence-electron chi connectivity index (χ3n) is 2.75. The van der Waals surface area contributed by atoms with E-state index in [0.29, 0.717) is 17.7 Å². The largest absolute Gasteiger partial charge is 0.456 e. The molecule has 0 aliphatic carbocycles. The Morgan fingerprint density at radius 2 is 2.16 bits per heavy atom. The van der Waals surface area contributed by atoms with Gasteiger partial charge in [-0.1, -0.05) is 13.0 Å². The Morgan fingerprint density at radius 1 is 1.37 bits per heavy atom. The summed E-state index contributed by atoms with van der Waals surface area (Å²) in [5.41, 5.74) is 6.19. The van der Waals surface area contributed by atoms with Crippen LogP contribution in [0.2, 0.25) is 0 Å². The summed E-state index contributed by atoms with van der Waals surface area (Å²) in [7, 11) is 0. The second-order valence-corrected chi connectivity index (χ2v) is 4.09. The standard InChI is InChI=1S/C14H15FN2O2/c1-2-10-4-6-13(19-10)14(18)17-12-5-3-9(8-16)7-11(12)15/h3-7H,2,8,16H2,1H3,(H,17,18). The number of amides is 1. The van der Waals surface area contributed by atoms with Crippen molar-refractivity contribution >= 4 is 11.6 Å². The second kappa shape index (κ2) is 5.67. The molecule has 1 aromatic carbocycles. The molecule has 5 heteroatoms. The van der Waals surface area contributed by atoms with E-state index in [1.54, 1.807) is 18.2 Å². The van der Waals surface area contributed by atoms with E-state index in [1.165, 1.54) is 12.1 Å². The zero-order valence-corrected chi connectivity index (χ0v) is 10.6. The maximum absolute atomic E-state index is 13.7. The second-order valence-electron chi connectivity index (χ2n) is 4.09. The number of carbonyl (C=O) groups is 1. The van der Waals surface area contributed by atoms with Crippen LogP contribution >= 0.6 is 0 Å². The van der Waals surface area contributed by atoms with Gasteiger partial charge in [-0.05, 0) is 29.8 Å². The number of nitrogens with two attached hydrogens (primary N) is 1. The molecule has 0 bridgehead atoms. The Morgan fingerprint density at radius 3 is 2.74 bits per heavy atom. The lowest BCUT2D eigenvalue weighted by molar-refractivity contribution is 0.0994. The third-order valence-corrected chi connectivity index (χ3v) is 2.75. The first-order valence-corrected chi connectivity index (χ1v) is 6.02. The van der Waals surface area contributed by atoms with Gasteiger partial charge in [-0.15, -0.1) is 0 Å². The molecule has 3 N–H and O–H groups in total. The Balaban J connectivity index is 2.14. The molecule has 2 aromatic rings. The van der Waals surface area contributed by atoms with Gasteiger partial charge in [0.15, 0.2) is 5.76 Å². The van der Waals surface area contributed by atoms with Crippen molar-refractivity contribution in [3.8, 4) is 0 Å². The lowest BCUT2D eigenvalue weighted by Gasteiger charge is -2.06. The van der Waals surface area contributed by atoms with Gasteiger partial charge in [-0.3, -0.25) is 4.79 Å². The van der Waals surface area contributed by atoms with Crippen molar-refractivity contribution in [2.45, 2.75) is 19.9 Å². The molecule has 0 atom stereocenters. The topological polar surface area (TPSA) is 68.3 Å². The number of carbonyl (C=O) groups excluding carboxylic acids is 1. The summed E-state index contributed by atoms with van der Waals surface area (Å²) in [4.78, 5) is 11.9. The predicted octanol–water partition coefficient (Wildman–Crippen LogP) is 2.69. The molecule has 100 valence electrons. The minimum Gasteiger partial charge on any atom is -0.456 e. The van der Waals surface area contributed by atoms with Crippen molar-refractivity contribution in [1.29, 1.82) is 0 Å². The average Bonchev–Trinajstić information content (AvgIpc) is 2.90. The monoisotopic (exact) mass is 262 g/mol. The number of aryl methyl sites for hydroxylation is 1. The van der Waals surface area contributed by atoms with Crippen LogP contribution < -0.4 is 11.1 Å². The highest BCUT2D eigenvalue weighted by molar-refractivity contribution is 6.02. The highest BCUT2D eigenvalue weighted by Crippen LogP contribution is 2.17. The van der Waals surface area contributed by atoms with Crippen LogP contribution in [0.3, 0.4) is 0 Å². The highest BCUT2D eigenvalue weighted by Gasteiger charge is 2.13. The minimum atomic E-state index is -0.515. The van der Waals surface area contributed by atoms with Crippen LogP contribution in [0.1, 0.15) is 28.8 Å².